The maximum absolute atomic E-state index is 12.4. The summed E-state index contributed by atoms with van der Waals surface area (Å²) in [5.41, 5.74) is -0.350. The monoisotopic (exact) mass is 293 g/mol. The number of pyridine rings is 1. The molecular formula is C16H27N3O2. The summed E-state index contributed by atoms with van der Waals surface area (Å²) in [7, 11) is 0. The van der Waals surface area contributed by atoms with E-state index in [4.69, 9.17) is 0 Å². The topological polar surface area (TPSA) is 56.7 Å². The minimum atomic E-state index is -0.903. The Morgan fingerprint density at radius 1 is 1.19 bits per heavy atom. The second-order valence-electron chi connectivity index (χ2n) is 5.71. The second-order valence-corrected chi connectivity index (χ2v) is 5.71. The second kappa shape index (κ2) is 7.41. The summed E-state index contributed by atoms with van der Waals surface area (Å²) in [6, 6.07) is 3.67. The van der Waals surface area contributed by atoms with E-state index in [1.165, 1.54) is 0 Å². The number of aliphatic hydroxyl groups is 1. The van der Waals surface area contributed by atoms with Gasteiger partial charge in [0.2, 0.25) is 0 Å². The molecule has 0 aliphatic rings. The molecule has 1 heterocycles. The van der Waals surface area contributed by atoms with Crippen LogP contribution < -0.4 is 4.90 Å². The highest BCUT2D eigenvalue weighted by Crippen LogP contribution is 2.14. The molecular weight excluding hydrogens is 266 g/mol. The molecule has 0 saturated carbocycles. The Bertz CT molecular complexity index is 448. The van der Waals surface area contributed by atoms with Crippen LogP contribution in [-0.4, -0.2) is 52.7 Å². The highest BCUT2D eigenvalue weighted by atomic mass is 16.3. The quantitative estimate of drug-likeness (QED) is 0.837. The van der Waals surface area contributed by atoms with Gasteiger partial charge in [0, 0.05) is 32.4 Å². The van der Waals surface area contributed by atoms with Crippen LogP contribution in [0.15, 0.2) is 18.3 Å². The third kappa shape index (κ3) is 5.01. The van der Waals surface area contributed by atoms with Crippen LogP contribution in [0, 0.1) is 0 Å². The molecule has 0 saturated heterocycles. The van der Waals surface area contributed by atoms with Crippen LogP contribution in [0.1, 0.15) is 45.0 Å². The molecule has 5 nitrogen and oxygen atoms in total. The highest BCUT2D eigenvalue weighted by molar-refractivity contribution is 5.94. The van der Waals surface area contributed by atoms with Crippen LogP contribution in [-0.2, 0) is 0 Å². The minimum absolute atomic E-state index is 0.0989. The molecule has 118 valence electrons. The van der Waals surface area contributed by atoms with E-state index in [9.17, 15) is 9.90 Å². The summed E-state index contributed by atoms with van der Waals surface area (Å²) in [6.07, 6.45) is 1.61. The fraction of sp³-hybridized carbons (Fsp3) is 0.625. The predicted molar refractivity (Wildman–Crippen MR) is 85.7 cm³/mol. The molecule has 5 heteroatoms. The van der Waals surface area contributed by atoms with Crippen molar-refractivity contribution in [3.63, 3.8) is 0 Å². The molecule has 0 aromatic carbocycles. The zero-order chi connectivity index (χ0) is 16.0. The summed E-state index contributed by atoms with van der Waals surface area (Å²) in [5, 5.41) is 9.88. The van der Waals surface area contributed by atoms with Gasteiger partial charge in [0.05, 0.1) is 11.2 Å². The van der Waals surface area contributed by atoms with E-state index in [-0.39, 0.29) is 5.91 Å². The third-order valence-electron chi connectivity index (χ3n) is 3.33. The first-order valence-electron chi connectivity index (χ1n) is 7.55. The standard InChI is InChI=1S/C16H27N3O2/c1-6-18(7-2)14-10-9-13(11-17-14)15(20)19(8-3)12-16(4,5)21/h9-11,21H,6-8,12H2,1-5H3. The number of nitrogens with zero attached hydrogens (tertiary/aromatic N) is 3. The lowest BCUT2D eigenvalue weighted by molar-refractivity contribution is 0.0314. The SMILES string of the molecule is CCN(CC(C)(C)O)C(=O)c1ccc(N(CC)CC)nc1. The Morgan fingerprint density at radius 3 is 2.19 bits per heavy atom. The number of hydrogen-bond acceptors (Lipinski definition) is 4. The van der Waals surface area contributed by atoms with Gasteiger partial charge < -0.3 is 14.9 Å². The summed E-state index contributed by atoms with van der Waals surface area (Å²) in [5.74, 6) is 0.778. The van der Waals surface area contributed by atoms with Gasteiger partial charge in [0.1, 0.15) is 5.82 Å². The molecule has 0 aliphatic carbocycles. The first kappa shape index (κ1) is 17.4. The van der Waals surface area contributed by atoms with Gasteiger partial charge in [-0.2, -0.15) is 0 Å². The van der Waals surface area contributed by atoms with Gasteiger partial charge in [0.15, 0.2) is 0 Å². The van der Waals surface area contributed by atoms with Gasteiger partial charge in [-0.15, -0.1) is 0 Å². The molecule has 0 aliphatic heterocycles. The molecule has 1 aromatic heterocycles. The van der Waals surface area contributed by atoms with Gasteiger partial charge in [-0.3, -0.25) is 4.79 Å². The van der Waals surface area contributed by atoms with Crippen LogP contribution in [0.4, 0.5) is 5.82 Å². The first-order chi connectivity index (χ1) is 9.82. The molecule has 1 aromatic rings. The average Bonchev–Trinajstić information content (AvgIpc) is 2.45. The van der Waals surface area contributed by atoms with E-state index in [0.29, 0.717) is 18.7 Å². The number of likely N-dealkylation sites (N-methyl/N-ethyl adjacent to an activating group) is 1. The van der Waals surface area contributed by atoms with Crippen LogP contribution in [0.3, 0.4) is 0 Å². The van der Waals surface area contributed by atoms with Crippen molar-refractivity contribution in [1.82, 2.24) is 9.88 Å². The Morgan fingerprint density at radius 2 is 1.81 bits per heavy atom. The molecule has 0 atom stereocenters. The Hall–Kier alpha value is -1.62. The summed E-state index contributed by atoms with van der Waals surface area (Å²) >= 11 is 0. The summed E-state index contributed by atoms with van der Waals surface area (Å²) in [6.45, 7) is 12.1. The molecule has 0 unspecified atom stereocenters. The van der Waals surface area contributed by atoms with Gasteiger partial charge >= 0.3 is 0 Å². The van der Waals surface area contributed by atoms with Crippen molar-refractivity contribution in [2.24, 2.45) is 0 Å². The van der Waals surface area contributed by atoms with Crippen molar-refractivity contribution in [2.75, 3.05) is 31.1 Å². The molecule has 0 fully saturated rings. The Kier molecular flexibility index (Phi) is 6.15. The summed E-state index contributed by atoms with van der Waals surface area (Å²) < 4.78 is 0. The maximum atomic E-state index is 12.4. The lowest BCUT2D eigenvalue weighted by Crippen LogP contribution is -2.42. The number of amides is 1. The highest BCUT2D eigenvalue weighted by Gasteiger charge is 2.22. The van der Waals surface area contributed by atoms with E-state index >= 15 is 0 Å². The van der Waals surface area contributed by atoms with Gasteiger partial charge in [0.25, 0.3) is 5.91 Å². The van der Waals surface area contributed by atoms with E-state index in [2.05, 4.69) is 23.7 Å². The number of carbonyl (C=O) groups excluding carboxylic acids is 1. The van der Waals surface area contributed by atoms with Crippen LogP contribution in [0.25, 0.3) is 0 Å². The number of hydrogen-bond donors (Lipinski definition) is 1. The molecule has 1 amide bonds. The number of aromatic nitrogens is 1. The van der Waals surface area contributed by atoms with E-state index in [1.807, 2.05) is 13.0 Å². The van der Waals surface area contributed by atoms with Gasteiger partial charge in [-0.25, -0.2) is 4.98 Å². The first-order valence-corrected chi connectivity index (χ1v) is 7.55. The largest absolute Gasteiger partial charge is 0.389 e. The fourth-order valence-electron chi connectivity index (χ4n) is 2.22. The predicted octanol–water partition coefficient (Wildman–Crippen LogP) is 2.16. The lowest BCUT2D eigenvalue weighted by Gasteiger charge is -2.28. The van der Waals surface area contributed by atoms with Crippen molar-refractivity contribution in [3.05, 3.63) is 23.9 Å². The smallest absolute Gasteiger partial charge is 0.255 e. The van der Waals surface area contributed by atoms with Gasteiger partial charge in [-0.1, -0.05) is 0 Å². The fourth-order valence-corrected chi connectivity index (χ4v) is 2.22. The molecule has 1 rings (SSSR count). The molecule has 21 heavy (non-hydrogen) atoms. The maximum Gasteiger partial charge on any atom is 0.255 e. The van der Waals surface area contributed by atoms with Crippen molar-refractivity contribution in [3.8, 4) is 0 Å². The Labute approximate surface area is 127 Å². The Balaban J connectivity index is 2.87. The molecule has 0 spiro atoms. The molecule has 1 N–H and O–H groups in total. The van der Waals surface area contributed by atoms with Crippen LogP contribution in [0.2, 0.25) is 0 Å². The number of carbonyl (C=O) groups is 1. The van der Waals surface area contributed by atoms with Crippen molar-refractivity contribution < 1.29 is 9.90 Å². The van der Waals surface area contributed by atoms with E-state index < -0.39 is 5.60 Å². The van der Waals surface area contributed by atoms with Crippen molar-refractivity contribution in [1.29, 1.82) is 0 Å². The zero-order valence-electron chi connectivity index (χ0n) is 13.8. The van der Waals surface area contributed by atoms with E-state index in [0.717, 1.165) is 18.9 Å². The zero-order valence-corrected chi connectivity index (χ0v) is 13.8. The number of anilines is 1. The molecule has 0 bridgehead atoms. The normalized spacial score (nSPS) is 11.3. The summed E-state index contributed by atoms with van der Waals surface area (Å²) in [4.78, 5) is 20.6. The van der Waals surface area contributed by atoms with Crippen molar-refractivity contribution >= 4 is 11.7 Å². The molecule has 0 radical (unpaired) electrons. The van der Waals surface area contributed by atoms with E-state index in [1.54, 1.807) is 31.0 Å². The van der Waals surface area contributed by atoms with Gasteiger partial charge in [-0.05, 0) is 46.8 Å². The average molecular weight is 293 g/mol. The number of rotatable bonds is 7. The third-order valence-corrected chi connectivity index (χ3v) is 3.33. The van der Waals surface area contributed by atoms with Crippen molar-refractivity contribution in [2.45, 2.75) is 40.2 Å². The minimum Gasteiger partial charge on any atom is -0.389 e. The lowest BCUT2D eigenvalue weighted by atomic mass is 10.1. The van der Waals surface area contributed by atoms with Crippen LogP contribution in [0.5, 0.6) is 0 Å². The van der Waals surface area contributed by atoms with Crippen LogP contribution >= 0.6 is 0 Å².